The van der Waals surface area contributed by atoms with Crippen LogP contribution in [-0.2, 0) is 16.1 Å². The number of anilines is 1. The number of carbonyl (C=O) groups excluding carboxylic acids is 2. The predicted molar refractivity (Wildman–Crippen MR) is 98.1 cm³/mol. The molecule has 0 saturated carbocycles. The Labute approximate surface area is 151 Å². The van der Waals surface area contributed by atoms with Crippen LogP contribution in [0.25, 0.3) is 10.2 Å². The van der Waals surface area contributed by atoms with Crippen LogP contribution in [0.5, 0.6) is 0 Å². The first-order chi connectivity index (χ1) is 12.0. The highest BCUT2D eigenvalue weighted by Gasteiger charge is 2.21. The molecule has 0 spiro atoms. The number of nitrogens with zero attached hydrogens (tertiary/aromatic N) is 3. The summed E-state index contributed by atoms with van der Waals surface area (Å²) in [7, 11) is 0. The normalized spacial score (nSPS) is 10.8. The summed E-state index contributed by atoms with van der Waals surface area (Å²) in [5.41, 5.74) is 1.47. The van der Waals surface area contributed by atoms with E-state index < -0.39 is 0 Å². The minimum atomic E-state index is -0.347. The van der Waals surface area contributed by atoms with Crippen LogP contribution in [0.3, 0.4) is 0 Å². The van der Waals surface area contributed by atoms with E-state index in [9.17, 15) is 14.0 Å². The SMILES string of the molecule is CC(=O)SCC(=O)N(Cc1cccnc1)c1nc2ccc(F)cc2s1. The molecule has 8 heteroatoms. The number of carbonyl (C=O) groups is 2. The van der Waals surface area contributed by atoms with Crippen molar-refractivity contribution in [3.05, 3.63) is 54.1 Å². The molecule has 2 heterocycles. The summed E-state index contributed by atoms with van der Waals surface area (Å²) in [6, 6.07) is 7.97. The number of hydrogen-bond donors (Lipinski definition) is 0. The minimum Gasteiger partial charge on any atom is -0.288 e. The minimum absolute atomic E-state index is 0.0277. The average Bonchev–Trinajstić information content (AvgIpc) is 3.01. The number of benzene rings is 1. The molecule has 0 aliphatic rings. The quantitative estimate of drug-likeness (QED) is 0.681. The first-order valence-electron chi connectivity index (χ1n) is 7.41. The summed E-state index contributed by atoms with van der Waals surface area (Å²) in [6.07, 6.45) is 3.33. The van der Waals surface area contributed by atoms with E-state index in [1.807, 2.05) is 6.07 Å². The molecule has 0 unspecified atom stereocenters. The highest BCUT2D eigenvalue weighted by Crippen LogP contribution is 2.30. The second kappa shape index (κ2) is 7.71. The van der Waals surface area contributed by atoms with E-state index in [2.05, 4.69) is 9.97 Å². The number of fused-ring (bicyclic) bond motifs is 1. The fourth-order valence-electron chi connectivity index (χ4n) is 2.18. The molecule has 0 saturated heterocycles. The van der Waals surface area contributed by atoms with Gasteiger partial charge in [-0.3, -0.25) is 19.5 Å². The van der Waals surface area contributed by atoms with Crippen molar-refractivity contribution in [2.24, 2.45) is 0 Å². The fraction of sp³-hybridized carbons (Fsp3) is 0.176. The first kappa shape index (κ1) is 17.5. The third-order valence-electron chi connectivity index (χ3n) is 3.33. The molecule has 25 heavy (non-hydrogen) atoms. The molecule has 0 radical (unpaired) electrons. The summed E-state index contributed by atoms with van der Waals surface area (Å²) in [4.78, 5) is 33.8. The van der Waals surface area contributed by atoms with Gasteiger partial charge in [-0.05, 0) is 29.8 Å². The summed E-state index contributed by atoms with van der Waals surface area (Å²) < 4.78 is 14.1. The number of thioether (sulfide) groups is 1. The van der Waals surface area contributed by atoms with Crippen LogP contribution in [0.4, 0.5) is 9.52 Å². The molecule has 0 aliphatic heterocycles. The summed E-state index contributed by atoms with van der Waals surface area (Å²) in [5, 5.41) is 0.347. The standard InChI is InChI=1S/C17H14FN3O2S2/c1-11(22)24-10-16(23)21(9-12-3-2-6-19-8-12)17-20-14-5-4-13(18)7-15(14)25-17/h2-8H,9-10H2,1H3. The maximum absolute atomic E-state index is 13.4. The lowest BCUT2D eigenvalue weighted by Crippen LogP contribution is -2.32. The summed E-state index contributed by atoms with van der Waals surface area (Å²) in [6.45, 7) is 1.71. The molecule has 5 nitrogen and oxygen atoms in total. The van der Waals surface area contributed by atoms with Crippen molar-refractivity contribution in [3.63, 3.8) is 0 Å². The Morgan fingerprint density at radius 3 is 2.88 bits per heavy atom. The number of hydrogen-bond acceptors (Lipinski definition) is 6. The molecule has 0 fully saturated rings. The van der Waals surface area contributed by atoms with Gasteiger partial charge in [0.25, 0.3) is 0 Å². The predicted octanol–water partition coefficient (Wildman–Crippen LogP) is 3.64. The van der Waals surface area contributed by atoms with E-state index in [0.717, 1.165) is 17.3 Å². The van der Waals surface area contributed by atoms with Crippen LogP contribution >= 0.6 is 23.1 Å². The lowest BCUT2D eigenvalue weighted by molar-refractivity contribution is -0.116. The Hall–Kier alpha value is -2.32. The zero-order valence-corrected chi connectivity index (χ0v) is 14.9. The monoisotopic (exact) mass is 375 g/mol. The van der Waals surface area contributed by atoms with Gasteiger partial charge >= 0.3 is 0 Å². The lowest BCUT2D eigenvalue weighted by atomic mass is 10.2. The largest absolute Gasteiger partial charge is 0.288 e. The van der Waals surface area contributed by atoms with Crippen molar-refractivity contribution in [3.8, 4) is 0 Å². The highest BCUT2D eigenvalue weighted by molar-refractivity contribution is 8.14. The third kappa shape index (κ3) is 4.40. The molecule has 3 rings (SSSR count). The molecule has 2 aromatic heterocycles. The first-order valence-corrected chi connectivity index (χ1v) is 9.22. The van der Waals surface area contributed by atoms with Crippen LogP contribution in [-0.4, -0.2) is 26.7 Å². The van der Waals surface area contributed by atoms with Crippen molar-refractivity contribution in [1.82, 2.24) is 9.97 Å². The van der Waals surface area contributed by atoms with E-state index in [1.54, 1.807) is 24.5 Å². The summed E-state index contributed by atoms with van der Waals surface area (Å²) >= 11 is 2.19. The number of halogens is 1. The number of pyridine rings is 1. The zero-order valence-electron chi connectivity index (χ0n) is 13.3. The topological polar surface area (TPSA) is 63.2 Å². The van der Waals surface area contributed by atoms with Crippen molar-refractivity contribution in [2.45, 2.75) is 13.5 Å². The van der Waals surface area contributed by atoms with Gasteiger partial charge in [0.05, 0.1) is 22.5 Å². The Morgan fingerprint density at radius 2 is 2.16 bits per heavy atom. The molecule has 0 atom stereocenters. The van der Waals surface area contributed by atoms with E-state index in [-0.39, 0.29) is 29.1 Å². The molecule has 0 N–H and O–H groups in total. The van der Waals surface area contributed by atoms with Gasteiger partial charge in [-0.2, -0.15) is 0 Å². The zero-order chi connectivity index (χ0) is 17.8. The average molecular weight is 375 g/mol. The molecule has 0 aliphatic carbocycles. The second-order valence-electron chi connectivity index (χ2n) is 5.23. The van der Waals surface area contributed by atoms with Crippen LogP contribution < -0.4 is 4.90 Å². The van der Waals surface area contributed by atoms with Crippen LogP contribution in [0, 0.1) is 5.82 Å². The molecule has 128 valence electrons. The van der Waals surface area contributed by atoms with E-state index >= 15 is 0 Å². The Bertz CT molecular complexity index is 915. The van der Waals surface area contributed by atoms with Crippen molar-refractivity contribution < 1.29 is 14.0 Å². The van der Waals surface area contributed by atoms with Gasteiger partial charge < -0.3 is 0 Å². The molecule has 3 aromatic rings. The van der Waals surface area contributed by atoms with E-state index in [1.165, 1.54) is 35.3 Å². The van der Waals surface area contributed by atoms with Crippen LogP contribution in [0.1, 0.15) is 12.5 Å². The van der Waals surface area contributed by atoms with Gasteiger partial charge in [0.1, 0.15) is 5.82 Å². The number of thiazole rings is 1. The summed E-state index contributed by atoms with van der Waals surface area (Å²) in [5.74, 6) is -0.552. The third-order valence-corrected chi connectivity index (χ3v) is 5.17. The van der Waals surface area contributed by atoms with Gasteiger partial charge in [0.2, 0.25) is 5.91 Å². The van der Waals surface area contributed by atoms with E-state index in [0.29, 0.717) is 15.3 Å². The fourth-order valence-corrected chi connectivity index (χ4v) is 3.67. The molecule has 0 bridgehead atoms. The Balaban J connectivity index is 1.93. The Morgan fingerprint density at radius 1 is 1.32 bits per heavy atom. The van der Waals surface area contributed by atoms with Crippen molar-refractivity contribution in [1.29, 1.82) is 0 Å². The van der Waals surface area contributed by atoms with Crippen LogP contribution in [0.2, 0.25) is 0 Å². The molecular formula is C17H14FN3O2S2. The molecule has 1 amide bonds. The molecular weight excluding hydrogens is 361 g/mol. The second-order valence-corrected chi connectivity index (χ2v) is 7.39. The molecule has 1 aromatic carbocycles. The number of rotatable bonds is 5. The maximum Gasteiger partial charge on any atom is 0.239 e. The lowest BCUT2D eigenvalue weighted by Gasteiger charge is -2.19. The van der Waals surface area contributed by atoms with Crippen molar-refractivity contribution in [2.75, 3.05) is 10.7 Å². The van der Waals surface area contributed by atoms with Crippen LogP contribution in [0.15, 0.2) is 42.7 Å². The van der Waals surface area contributed by atoms with Gasteiger partial charge in [-0.1, -0.05) is 29.2 Å². The van der Waals surface area contributed by atoms with E-state index in [4.69, 9.17) is 0 Å². The highest BCUT2D eigenvalue weighted by atomic mass is 32.2. The number of aromatic nitrogens is 2. The van der Waals surface area contributed by atoms with Gasteiger partial charge in [-0.15, -0.1) is 0 Å². The van der Waals surface area contributed by atoms with Crippen molar-refractivity contribution >= 4 is 49.5 Å². The van der Waals surface area contributed by atoms with Gasteiger partial charge in [-0.25, -0.2) is 9.37 Å². The van der Waals surface area contributed by atoms with Gasteiger partial charge in [0.15, 0.2) is 10.2 Å². The maximum atomic E-state index is 13.4. The van der Waals surface area contributed by atoms with Gasteiger partial charge in [0, 0.05) is 19.3 Å². The number of amides is 1. The Kier molecular flexibility index (Phi) is 5.40. The smallest absolute Gasteiger partial charge is 0.239 e.